The molecule has 168 valence electrons. The summed E-state index contributed by atoms with van der Waals surface area (Å²) in [5.41, 5.74) is 1.17. The highest BCUT2D eigenvalue weighted by molar-refractivity contribution is 7.92. The molecule has 32 heavy (non-hydrogen) atoms. The van der Waals surface area contributed by atoms with Crippen LogP contribution in [0.5, 0.6) is 5.75 Å². The lowest BCUT2D eigenvalue weighted by molar-refractivity contribution is -0.128. The van der Waals surface area contributed by atoms with Crippen molar-refractivity contribution in [2.45, 2.75) is 11.4 Å². The number of carbonyl (C=O) groups is 1. The summed E-state index contributed by atoms with van der Waals surface area (Å²) in [6, 6.07) is 19.5. The number of halogens is 2. The average molecular weight is 493 g/mol. The van der Waals surface area contributed by atoms with Crippen molar-refractivity contribution in [3.05, 3.63) is 88.4 Å². The minimum atomic E-state index is -4.05. The fourth-order valence-corrected chi connectivity index (χ4v) is 4.73. The van der Waals surface area contributed by atoms with Gasteiger partial charge >= 0.3 is 0 Å². The lowest BCUT2D eigenvalue weighted by Gasteiger charge is -2.27. The van der Waals surface area contributed by atoms with Gasteiger partial charge < -0.3 is 9.64 Å². The maximum Gasteiger partial charge on any atom is 0.264 e. The van der Waals surface area contributed by atoms with Crippen LogP contribution in [0.2, 0.25) is 10.0 Å². The molecule has 0 spiro atoms. The van der Waals surface area contributed by atoms with Gasteiger partial charge in [0.15, 0.2) is 0 Å². The summed E-state index contributed by atoms with van der Waals surface area (Å²) in [4.78, 5) is 14.5. The highest BCUT2D eigenvalue weighted by Gasteiger charge is 2.28. The van der Waals surface area contributed by atoms with Crippen LogP contribution in [-0.4, -0.2) is 39.9 Å². The Labute approximate surface area is 198 Å². The average Bonchev–Trinajstić information content (AvgIpc) is 2.78. The molecular weight excluding hydrogens is 471 g/mol. The van der Waals surface area contributed by atoms with Crippen LogP contribution in [0.4, 0.5) is 5.69 Å². The smallest absolute Gasteiger partial charge is 0.264 e. The summed E-state index contributed by atoms with van der Waals surface area (Å²) in [6.45, 7) is -0.0826. The van der Waals surface area contributed by atoms with Crippen LogP contribution in [-0.2, 0) is 21.4 Å². The number of anilines is 1. The minimum absolute atomic E-state index is 0.0337. The summed E-state index contributed by atoms with van der Waals surface area (Å²) in [5.74, 6) is 0.147. The first-order chi connectivity index (χ1) is 15.2. The van der Waals surface area contributed by atoms with Gasteiger partial charge in [-0.3, -0.25) is 9.10 Å². The third-order valence-electron chi connectivity index (χ3n) is 4.78. The fourth-order valence-electron chi connectivity index (χ4n) is 3.02. The van der Waals surface area contributed by atoms with Gasteiger partial charge in [0.25, 0.3) is 10.0 Å². The van der Waals surface area contributed by atoms with E-state index in [1.54, 1.807) is 49.5 Å². The van der Waals surface area contributed by atoms with Crippen LogP contribution in [0.3, 0.4) is 0 Å². The number of sulfonamides is 1. The van der Waals surface area contributed by atoms with Crippen molar-refractivity contribution in [3.63, 3.8) is 0 Å². The van der Waals surface area contributed by atoms with E-state index in [4.69, 9.17) is 27.9 Å². The lowest BCUT2D eigenvalue weighted by Crippen LogP contribution is -2.41. The highest BCUT2D eigenvalue weighted by atomic mass is 35.5. The minimum Gasteiger partial charge on any atom is -0.497 e. The van der Waals surface area contributed by atoms with Crippen molar-refractivity contribution in [2.75, 3.05) is 25.0 Å². The normalized spacial score (nSPS) is 11.1. The quantitative estimate of drug-likeness (QED) is 0.450. The number of nitrogens with zero attached hydrogens (tertiary/aromatic N) is 2. The zero-order valence-corrected chi connectivity index (χ0v) is 19.9. The molecule has 1 amide bonds. The van der Waals surface area contributed by atoms with Gasteiger partial charge in [-0.15, -0.1) is 0 Å². The molecule has 9 heteroatoms. The van der Waals surface area contributed by atoms with E-state index in [2.05, 4.69) is 0 Å². The van der Waals surface area contributed by atoms with E-state index in [9.17, 15) is 13.2 Å². The molecule has 0 aromatic heterocycles. The summed E-state index contributed by atoms with van der Waals surface area (Å²) in [6.07, 6.45) is 0. The van der Waals surface area contributed by atoms with Gasteiger partial charge in [-0.05, 0) is 60.2 Å². The molecule has 0 aliphatic rings. The third kappa shape index (κ3) is 5.73. The van der Waals surface area contributed by atoms with E-state index in [0.29, 0.717) is 28.0 Å². The molecule has 3 aromatic carbocycles. The van der Waals surface area contributed by atoms with Crippen LogP contribution in [0.1, 0.15) is 5.56 Å². The van der Waals surface area contributed by atoms with Crippen LogP contribution < -0.4 is 9.04 Å². The Kier molecular flexibility index (Phi) is 7.66. The molecule has 3 rings (SSSR count). The molecule has 0 fully saturated rings. The van der Waals surface area contributed by atoms with E-state index in [1.165, 1.54) is 30.2 Å². The lowest BCUT2D eigenvalue weighted by atomic mass is 10.2. The first-order valence-corrected chi connectivity index (χ1v) is 11.8. The molecule has 0 atom stereocenters. The fraction of sp³-hybridized carbons (Fsp3) is 0.174. The van der Waals surface area contributed by atoms with Gasteiger partial charge in [-0.2, -0.15) is 0 Å². The number of likely N-dealkylation sites (N-methyl/N-ethyl adjacent to an activating group) is 1. The molecule has 0 aliphatic heterocycles. The van der Waals surface area contributed by atoms with Crippen molar-refractivity contribution < 1.29 is 17.9 Å². The van der Waals surface area contributed by atoms with Crippen molar-refractivity contribution in [2.24, 2.45) is 0 Å². The molecule has 6 nitrogen and oxygen atoms in total. The second-order valence-electron chi connectivity index (χ2n) is 7.04. The number of hydrogen-bond donors (Lipinski definition) is 0. The monoisotopic (exact) mass is 492 g/mol. The SMILES string of the molecule is COc1ccc(S(=O)(=O)N(CC(=O)N(C)Cc2ccc(Cl)cc2)c2cccc(Cl)c2)cc1. The molecular formula is C23H22Cl2N2O4S. The Morgan fingerprint density at radius 2 is 1.59 bits per heavy atom. The maximum absolute atomic E-state index is 13.5. The number of rotatable bonds is 8. The van der Waals surface area contributed by atoms with Crippen LogP contribution >= 0.6 is 23.2 Å². The van der Waals surface area contributed by atoms with Gasteiger partial charge in [-0.1, -0.05) is 41.4 Å². The van der Waals surface area contributed by atoms with Crippen molar-refractivity contribution >= 4 is 44.8 Å². The summed E-state index contributed by atoms with van der Waals surface area (Å²) < 4.78 is 33.1. The number of methoxy groups -OCH3 is 1. The van der Waals surface area contributed by atoms with Crippen molar-refractivity contribution in [1.29, 1.82) is 0 Å². The zero-order chi connectivity index (χ0) is 23.3. The summed E-state index contributed by atoms with van der Waals surface area (Å²) >= 11 is 12.0. The van der Waals surface area contributed by atoms with Gasteiger partial charge in [0.2, 0.25) is 5.91 Å². The topological polar surface area (TPSA) is 66.9 Å². The molecule has 0 heterocycles. The summed E-state index contributed by atoms with van der Waals surface area (Å²) in [5, 5.41) is 0.958. The zero-order valence-electron chi connectivity index (χ0n) is 17.5. The maximum atomic E-state index is 13.5. The van der Waals surface area contributed by atoms with E-state index in [0.717, 1.165) is 9.87 Å². The Hall–Kier alpha value is -2.74. The number of ether oxygens (including phenoxy) is 1. The Morgan fingerprint density at radius 3 is 2.19 bits per heavy atom. The van der Waals surface area contributed by atoms with E-state index < -0.39 is 16.6 Å². The largest absolute Gasteiger partial charge is 0.497 e. The molecule has 0 bridgehead atoms. The predicted octanol–water partition coefficient (Wildman–Crippen LogP) is 4.86. The second-order valence-corrected chi connectivity index (χ2v) is 9.78. The molecule has 0 N–H and O–H groups in total. The first kappa shape index (κ1) is 23.9. The number of benzene rings is 3. The molecule has 0 aliphatic carbocycles. The van der Waals surface area contributed by atoms with E-state index >= 15 is 0 Å². The first-order valence-electron chi connectivity index (χ1n) is 9.61. The Bertz CT molecular complexity index is 1180. The number of carbonyl (C=O) groups excluding carboxylic acids is 1. The van der Waals surface area contributed by atoms with Gasteiger partial charge in [0, 0.05) is 23.6 Å². The van der Waals surface area contributed by atoms with E-state index in [-0.39, 0.29) is 10.8 Å². The van der Waals surface area contributed by atoms with Gasteiger partial charge in [0.05, 0.1) is 17.7 Å². The molecule has 0 radical (unpaired) electrons. The highest BCUT2D eigenvalue weighted by Crippen LogP contribution is 2.27. The standard InChI is InChI=1S/C23H22Cl2N2O4S/c1-26(15-17-6-8-18(24)9-7-17)23(28)16-27(20-5-3-4-19(25)14-20)32(29,30)22-12-10-21(31-2)11-13-22/h3-14H,15-16H2,1-2H3. The van der Waals surface area contributed by atoms with Crippen LogP contribution in [0, 0.1) is 0 Å². The number of amides is 1. The van der Waals surface area contributed by atoms with Crippen molar-refractivity contribution in [3.8, 4) is 5.75 Å². The Morgan fingerprint density at radius 1 is 0.938 bits per heavy atom. The van der Waals surface area contributed by atoms with Gasteiger partial charge in [0.1, 0.15) is 12.3 Å². The van der Waals surface area contributed by atoms with Crippen LogP contribution in [0.25, 0.3) is 0 Å². The second kappa shape index (κ2) is 10.3. The molecule has 3 aromatic rings. The van der Waals surface area contributed by atoms with Crippen LogP contribution in [0.15, 0.2) is 77.7 Å². The van der Waals surface area contributed by atoms with Crippen molar-refractivity contribution in [1.82, 2.24) is 4.90 Å². The number of hydrogen-bond acceptors (Lipinski definition) is 4. The molecule has 0 saturated carbocycles. The Balaban J connectivity index is 1.90. The molecule has 0 unspecified atom stereocenters. The third-order valence-corrected chi connectivity index (χ3v) is 7.06. The van der Waals surface area contributed by atoms with Gasteiger partial charge in [-0.25, -0.2) is 8.42 Å². The predicted molar refractivity (Wildman–Crippen MR) is 127 cm³/mol. The molecule has 0 saturated heterocycles. The van der Waals surface area contributed by atoms with E-state index in [1.807, 2.05) is 12.1 Å². The summed E-state index contributed by atoms with van der Waals surface area (Å²) in [7, 11) is -0.934.